The van der Waals surface area contributed by atoms with Gasteiger partial charge in [-0.2, -0.15) is 11.8 Å². The summed E-state index contributed by atoms with van der Waals surface area (Å²) >= 11 is 3.84. The van der Waals surface area contributed by atoms with Gasteiger partial charge in [-0.05, 0) is 24.3 Å². The van der Waals surface area contributed by atoms with Crippen LogP contribution in [0.4, 0.5) is 0 Å². The van der Waals surface area contributed by atoms with Crippen LogP contribution in [0.5, 0.6) is 0 Å². The van der Waals surface area contributed by atoms with Crippen molar-refractivity contribution < 1.29 is 0 Å². The molecule has 4 heteroatoms. The first kappa shape index (κ1) is 10.5. The van der Waals surface area contributed by atoms with Crippen molar-refractivity contribution in [2.24, 2.45) is 5.73 Å². The van der Waals surface area contributed by atoms with Gasteiger partial charge in [0.15, 0.2) is 0 Å². The third kappa shape index (κ3) is 1.97. The van der Waals surface area contributed by atoms with Gasteiger partial charge in [-0.1, -0.05) is 6.92 Å². The Morgan fingerprint density at radius 1 is 1.50 bits per heavy atom. The van der Waals surface area contributed by atoms with E-state index in [0.717, 1.165) is 5.69 Å². The lowest BCUT2D eigenvalue weighted by Gasteiger charge is -2.31. The van der Waals surface area contributed by atoms with E-state index in [1.165, 1.54) is 29.4 Å². The van der Waals surface area contributed by atoms with Crippen LogP contribution in [-0.2, 0) is 12.0 Å². The highest BCUT2D eigenvalue weighted by Crippen LogP contribution is 2.39. The Bertz CT molecular complexity index is 303. The van der Waals surface area contributed by atoms with Gasteiger partial charge >= 0.3 is 0 Å². The molecule has 1 aliphatic rings. The molecule has 0 bridgehead atoms. The topological polar surface area (TPSA) is 38.9 Å². The predicted octanol–water partition coefficient (Wildman–Crippen LogP) is 2.39. The Hall–Kier alpha value is -0.0600. The quantitative estimate of drug-likeness (QED) is 0.844. The summed E-state index contributed by atoms with van der Waals surface area (Å²) < 4.78 is 0. The highest BCUT2D eigenvalue weighted by Gasteiger charge is 2.31. The SMILES string of the molecule is CC1(c2nc(CN)cs2)CCSCC1. The van der Waals surface area contributed by atoms with Crippen LogP contribution in [0.25, 0.3) is 0 Å². The molecule has 1 fully saturated rings. The van der Waals surface area contributed by atoms with Gasteiger partial charge in [0.25, 0.3) is 0 Å². The fourth-order valence-electron chi connectivity index (χ4n) is 1.71. The molecule has 0 unspecified atom stereocenters. The maximum absolute atomic E-state index is 5.58. The van der Waals surface area contributed by atoms with Crippen molar-refractivity contribution in [1.29, 1.82) is 0 Å². The van der Waals surface area contributed by atoms with Gasteiger partial charge in [-0.15, -0.1) is 11.3 Å². The Kier molecular flexibility index (Phi) is 3.14. The minimum atomic E-state index is 0.323. The van der Waals surface area contributed by atoms with Crippen molar-refractivity contribution in [1.82, 2.24) is 4.98 Å². The zero-order valence-corrected chi connectivity index (χ0v) is 10.1. The van der Waals surface area contributed by atoms with Gasteiger partial charge in [0.1, 0.15) is 0 Å². The summed E-state index contributed by atoms with van der Waals surface area (Å²) in [5.74, 6) is 2.54. The van der Waals surface area contributed by atoms with Gasteiger partial charge in [-0.3, -0.25) is 0 Å². The average Bonchev–Trinajstić information content (AvgIpc) is 2.67. The number of nitrogens with two attached hydrogens (primary N) is 1. The molecule has 2 N–H and O–H groups in total. The maximum Gasteiger partial charge on any atom is 0.0988 e. The lowest BCUT2D eigenvalue weighted by molar-refractivity contribution is 0.433. The predicted molar refractivity (Wildman–Crippen MR) is 63.9 cm³/mol. The number of thiazole rings is 1. The minimum Gasteiger partial charge on any atom is -0.325 e. The molecule has 0 spiro atoms. The molecule has 2 rings (SSSR count). The van der Waals surface area contributed by atoms with E-state index in [4.69, 9.17) is 5.73 Å². The molecule has 1 aromatic heterocycles. The fourth-order valence-corrected chi connectivity index (χ4v) is 4.16. The third-order valence-electron chi connectivity index (χ3n) is 2.87. The number of nitrogens with zero attached hydrogens (tertiary/aromatic N) is 1. The second-order valence-corrected chi connectivity index (χ2v) is 6.10. The summed E-state index contributed by atoms with van der Waals surface area (Å²) in [5.41, 5.74) is 6.94. The largest absolute Gasteiger partial charge is 0.325 e. The van der Waals surface area contributed by atoms with Crippen molar-refractivity contribution in [3.05, 3.63) is 16.1 Å². The molecule has 0 radical (unpaired) electrons. The normalized spacial score (nSPS) is 21.0. The van der Waals surface area contributed by atoms with Crippen molar-refractivity contribution in [3.8, 4) is 0 Å². The molecule has 0 atom stereocenters. The van der Waals surface area contributed by atoms with Gasteiger partial charge in [-0.25, -0.2) is 4.98 Å². The third-order valence-corrected chi connectivity index (χ3v) is 5.06. The van der Waals surface area contributed by atoms with Crippen LogP contribution in [0.1, 0.15) is 30.5 Å². The molecule has 0 aromatic carbocycles. The van der Waals surface area contributed by atoms with Gasteiger partial charge in [0, 0.05) is 17.3 Å². The maximum atomic E-state index is 5.58. The standard InChI is InChI=1S/C10H16N2S2/c1-10(2-4-13-5-3-10)9-12-8(6-11)7-14-9/h7H,2-6,11H2,1H3. The number of rotatable bonds is 2. The number of thioether (sulfide) groups is 1. The first-order chi connectivity index (χ1) is 6.74. The van der Waals surface area contributed by atoms with Crippen LogP contribution in [0, 0.1) is 0 Å². The number of hydrogen-bond acceptors (Lipinski definition) is 4. The molecule has 0 saturated carbocycles. The highest BCUT2D eigenvalue weighted by molar-refractivity contribution is 7.99. The second kappa shape index (κ2) is 4.21. The molecule has 2 nitrogen and oxygen atoms in total. The molecule has 1 aromatic rings. The van der Waals surface area contributed by atoms with Crippen molar-refractivity contribution in [2.75, 3.05) is 11.5 Å². The van der Waals surface area contributed by atoms with Crippen molar-refractivity contribution >= 4 is 23.1 Å². The summed E-state index contributed by atoms with van der Waals surface area (Å²) in [6, 6.07) is 0. The Balaban J connectivity index is 2.19. The molecular formula is C10H16N2S2. The van der Waals surface area contributed by atoms with Gasteiger partial charge < -0.3 is 5.73 Å². The molecule has 14 heavy (non-hydrogen) atoms. The van der Waals surface area contributed by atoms with Crippen molar-refractivity contribution in [2.45, 2.75) is 31.7 Å². The van der Waals surface area contributed by atoms with Crippen LogP contribution < -0.4 is 5.73 Å². The van der Waals surface area contributed by atoms with Crippen LogP contribution >= 0.6 is 23.1 Å². The van der Waals surface area contributed by atoms with E-state index in [1.807, 2.05) is 0 Å². The lowest BCUT2D eigenvalue weighted by atomic mass is 9.85. The molecule has 0 aliphatic carbocycles. The first-order valence-corrected chi connectivity index (χ1v) is 7.01. The van der Waals surface area contributed by atoms with Crippen LogP contribution in [0.2, 0.25) is 0 Å². The zero-order valence-electron chi connectivity index (χ0n) is 8.45. The Morgan fingerprint density at radius 3 is 2.79 bits per heavy atom. The fraction of sp³-hybridized carbons (Fsp3) is 0.700. The van der Waals surface area contributed by atoms with Crippen molar-refractivity contribution in [3.63, 3.8) is 0 Å². The minimum absolute atomic E-state index is 0.323. The van der Waals surface area contributed by atoms with Crippen LogP contribution in [-0.4, -0.2) is 16.5 Å². The molecule has 0 amide bonds. The summed E-state index contributed by atoms with van der Waals surface area (Å²) in [7, 11) is 0. The number of hydrogen-bond donors (Lipinski definition) is 1. The molecule has 1 saturated heterocycles. The lowest BCUT2D eigenvalue weighted by Crippen LogP contribution is -2.27. The van der Waals surface area contributed by atoms with E-state index in [0.29, 0.717) is 12.0 Å². The number of aromatic nitrogens is 1. The molecule has 2 heterocycles. The van der Waals surface area contributed by atoms with E-state index in [2.05, 4.69) is 29.0 Å². The van der Waals surface area contributed by atoms with E-state index in [-0.39, 0.29) is 0 Å². The first-order valence-electron chi connectivity index (χ1n) is 4.97. The summed E-state index contributed by atoms with van der Waals surface area (Å²) in [6.07, 6.45) is 2.52. The average molecular weight is 228 g/mol. The van der Waals surface area contributed by atoms with Crippen LogP contribution in [0.3, 0.4) is 0 Å². The zero-order chi connectivity index (χ0) is 10.0. The summed E-state index contributed by atoms with van der Waals surface area (Å²) in [4.78, 5) is 4.61. The van der Waals surface area contributed by atoms with Gasteiger partial charge in [0.05, 0.1) is 10.7 Å². The van der Waals surface area contributed by atoms with Gasteiger partial charge in [0.2, 0.25) is 0 Å². The van der Waals surface area contributed by atoms with E-state index < -0.39 is 0 Å². The summed E-state index contributed by atoms with van der Waals surface area (Å²) in [6.45, 7) is 2.91. The monoisotopic (exact) mass is 228 g/mol. The highest BCUT2D eigenvalue weighted by atomic mass is 32.2. The van der Waals surface area contributed by atoms with E-state index in [9.17, 15) is 0 Å². The smallest absolute Gasteiger partial charge is 0.0988 e. The molecule has 78 valence electrons. The van der Waals surface area contributed by atoms with E-state index in [1.54, 1.807) is 11.3 Å². The Morgan fingerprint density at radius 2 is 2.21 bits per heavy atom. The molecule has 1 aliphatic heterocycles. The second-order valence-electron chi connectivity index (χ2n) is 4.02. The molecular weight excluding hydrogens is 212 g/mol. The van der Waals surface area contributed by atoms with Crippen LogP contribution in [0.15, 0.2) is 5.38 Å². The summed E-state index contributed by atoms with van der Waals surface area (Å²) in [5, 5.41) is 3.39. The Labute approximate surface area is 93.3 Å². The van der Waals surface area contributed by atoms with E-state index >= 15 is 0 Å².